The van der Waals surface area contributed by atoms with Gasteiger partial charge in [0.2, 0.25) is 0 Å². The Hall–Kier alpha value is 0.700. The Morgan fingerprint density at radius 1 is 1.62 bits per heavy atom. The van der Waals surface area contributed by atoms with E-state index in [9.17, 15) is 8.96 Å². The van der Waals surface area contributed by atoms with E-state index in [0.717, 1.165) is 0 Å². The Labute approximate surface area is 56.0 Å². The minimum Gasteiger partial charge on any atom is -0.304 e. The van der Waals surface area contributed by atoms with Crippen molar-refractivity contribution in [3.63, 3.8) is 0 Å². The molecule has 0 aromatic rings. The lowest BCUT2D eigenvalue weighted by molar-refractivity contribution is 0.287. The first-order chi connectivity index (χ1) is 3.56. The largest absolute Gasteiger partial charge is 0.380 e. The number of halogens is 3. The van der Waals surface area contributed by atoms with E-state index in [0.29, 0.717) is 0 Å². The zero-order chi connectivity index (χ0) is 6.62. The van der Waals surface area contributed by atoms with Gasteiger partial charge in [0.25, 0.3) is 0 Å². The van der Waals surface area contributed by atoms with Gasteiger partial charge in [-0.2, -0.15) is 0 Å². The predicted octanol–water partition coefficient (Wildman–Crippen LogP) is 2.56. The number of alkyl halides is 1. The fraction of sp³-hybridized carbons (Fsp3) is 1.00. The highest BCUT2D eigenvalue weighted by molar-refractivity contribution is 8.05. The molecule has 2 nitrogen and oxygen atoms in total. The van der Waals surface area contributed by atoms with E-state index in [4.69, 9.17) is 22.5 Å². The van der Waals surface area contributed by atoms with Gasteiger partial charge in [-0.05, 0) is 22.5 Å². The molecule has 0 aliphatic heterocycles. The van der Waals surface area contributed by atoms with Crippen LogP contribution >= 0.6 is 28.6 Å². The third kappa shape index (κ3) is 6.70. The van der Waals surface area contributed by atoms with Crippen molar-refractivity contribution in [1.82, 2.24) is 0 Å². The third-order valence-corrected chi connectivity index (χ3v) is 1.39. The SMILES string of the molecule is O=P(Cl)(Cl)OCCF. The second kappa shape index (κ2) is 3.67. The zero-order valence-corrected chi connectivity index (χ0v) is 6.22. The fourth-order valence-electron chi connectivity index (χ4n) is 0.141. The third-order valence-electron chi connectivity index (χ3n) is 0.319. The van der Waals surface area contributed by atoms with E-state index < -0.39 is 12.7 Å². The smallest absolute Gasteiger partial charge is 0.304 e. The minimum atomic E-state index is -3.48. The molecule has 0 N–H and O–H groups in total. The molecule has 0 aliphatic rings. The second-order valence-electron chi connectivity index (χ2n) is 0.937. The van der Waals surface area contributed by atoms with Gasteiger partial charge in [-0.15, -0.1) is 0 Å². The van der Waals surface area contributed by atoms with Gasteiger partial charge in [-0.3, -0.25) is 4.57 Å². The molecule has 8 heavy (non-hydrogen) atoms. The second-order valence-corrected chi connectivity index (χ2v) is 5.21. The first-order valence-electron chi connectivity index (χ1n) is 1.76. The Kier molecular flexibility index (Phi) is 4.00. The standard InChI is InChI=1S/C2H4Cl2FO2P/c3-8(4,6)7-2-1-5/h1-2H2. The Morgan fingerprint density at radius 3 is 2.25 bits per heavy atom. The fourth-order valence-corrected chi connectivity index (χ4v) is 0.836. The maximum Gasteiger partial charge on any atom is 0.380 e. The van der Waals surface area contributed by atoms with Gasteiger partial charge >= 0.3 is 6.07 Å². The van der Waals surface area contributed by atoms with E-state index in [2.05, 4.69) is 4.52 Å². The Morgan fingerprint density at radius 2 is 2.12 bits per heavy atom. The van der Waals surface area contributed by atoms with Gasteiger partial charge in [-0.25, -0.2) is 4.39 Å². The van der Waals surface area contributed by atoms with Crippen molar-refractivity contribution >= 4 is 28.6 Å². The van der Waals surface area contributed by atoms with E-state index >= 15 is 0 Å². The van der Waals surface area contributed by atoms with Gasteiger partial charge < -0.3 is 4.52 Å². The molecule has 0 aliphatic carbocycles. The summed E-state index contributed by atoms with van der Waals surface area (Å²) in [7, 11) is 0. The van der Waals surface area contributed by atoms with Crippen molar-refractivity contribution in [2.45, 2.75) is 0 Å². The molecule has 0 spiro atoms. The highest BCUT2D eigenvalue weighted by Gasteiger charge is 2.12. The van der Waals surface area contributed by atoms with Gasteiger partial charge in [0.05, 0.1) is 6.61 Å². The van der Waals surface area contributed by atoms with E-state index in [1.165, 1.54) is 0 Å². The van der Waals surface area contributed by atoms with Crippen LogP contribution in [-0.2, 0) is 9.09 Å². The van der Waals surface area contributed by atoms with Crippen LogP contribution in [-0.4, -0.2) is 13.3 Å². The molecule has 6 heteroatoms. The van der Waals surface area contributed by atoms with Gasteiger partial charge in [0.15, 0.2) is 0 Å². The number of hydrogen-bond donors (Lipinski definition) is 0. The van der Waals surface area contributed by atoms with E-state index in [-0.39, 0.29) is 6.61 Å². The number of rotatable bonds is 3. The molecular formula is C2H4Cl2FO2P. The Bertz CT molecular complexity index is 102. The molecule has 0 heterocycles. The summed E-state index contributed by atoms with van der Waals surface area (Å²) in [4.78, 5) is 0. The van der Waals surface area contributed by atoms with Crippen LogP contribution in [0, 0.1) is 0 Å². The monoisotopic (exact) mass is 180 g/mol. The van der Waals surface area contributed by atoms with Crippen LogP contribution in [0.5, 0.6) is 0 Å². The Balaban J connectivity index is 3.26. The molecule has 0 unspecified atom stereocenters. The summed E-state index contributed by atoms with van der Waals surface area (Å²) in [5, 5.41) is 0. The zero-order valence-electron chi connectivity index (χ0n) is 3.81. The van der Waals surface area contributed by atoms with Crippen molar-refractivity contribution in [3.05, 3.63) is 0 Å². The first kappa shape index (κ1) is 8.70. The molecule has 0 rings (SSSR count). The van der Waals surface area contributed by atoms with Crippen molar-refractivity contribution in [2.24, 2.45) is 0 Å². The quantitative estimate of drug-likeness (QED) is 0.625. The molecule has 0 aromatic carbocycles. The average Bonchev–Trinajstić information content (AvgIpc) is 1.59. The molecule has 50 valence electrons. The predicted molar refractivity (Wildman–Crippen MR) is 31.2 cm³/mol. The molecule has 0 bridgehead atoms. The molecule has 0 saturated carbocycles. The van der Waals surface area contributed by atoms with Crippen LogP contribution in [0.1, 0.15) is 0 Å². The topological polar surface area (TPSA) is 26.3 Å². The highest BCUT2D eigenvalue weighted by Crippen LogP contribution is 2.57. The molecule has 0 aromatic heterocycles. The van der Waals surface area contributed by atoms with E-state index in [1.807, 2.05) is 0 Å². The van der Waals surface area contributed by atoms with Crippen molar-refractivity contribution < 1.29 is 13.5 Å². The van der Waals surface area contributed by atoms with Crippen LogP contribution < -0.4 is 0 Å². The summed E-state index contributed by atoms with van der Waals surface area (Å²) < 4.78 is 25.4. The van der Waals surface area contributed by atoms with Crippen LogP contribution in [0.25, 0.3) is 0 Å². The summed E-state index contributed by atoms with van der Waals surface area (Å²) in [6.07, 6.45) is -3.48. The summed E-state index contributed by atoms with van der Waals surface area (Å²) in [6, 6.07) is 0. The lowest BCUT2D eigenvalue weighted by atomic mass is 10.9. The maximum atomic E-state index is 11.2. The molecule has 0 fully saturated rings. The lowest BCUT2D eigenvalue weighted by Crippen LogP contribution is -1.86. The van der Waals surface area contributed by atoms with Gasteiger partial charge in [-0.1, -0.05) is 0 Å². The summed E-state index contributed by atoms with van der Waals surface area (Å²) in [6.45, 7) is -1.05. The molecule has 0 atom stereocenters. The number of hydrogen-bond acceptors (Lipinski definition) is 2. The molecule has 0 radical (unpaired) electrons. The molecular weight excluding hydrogens is 177 g/mol. The van der Waals surface area contributed by atoms with Crippen molar-refractivity contribution in [1.29, 1.82) is 0 Å². The first-order valence-corrected chi connectivity index (χ1v) is 5.19. The summed E-state index contributed by atoms with van der Waals surface area (Å²) >= 11 is 9.69. The minimum absolute atomic E-state index is 0.315. The molecule has 0 saturated heterocycles. The van der Waals surface area contributed by atoms with Crippen LogP contribution in [0.4, 0.5) is 4.39 Å². The van der Waals surface area contributed by atoms with Crippen molar-refractivity contribution in [3.8, 4) is 0 Å². The van der Waals surface area contributed by atoms with Gasteiger partial charge in [0, 0.05) is 0 Å². The average molecular weight is 181 g/mol. The van der Waals surface area contributed by atoms with Crippen LogP contribution in [0.3, 0.4) is 0 Å². The summed E-state index contributed by atoms with van der Waals surface area (Å²) in [5.74, 6) is 0. The van der Waals surface area contributed by atoms with Crippen molar-refractivity contribution in [2.75, 3.05) is 13.3 Å². The van der Waals surface area contributed by atoms with Gasteiger partial charge in [0.1, 0.15) is 6.67 Å². The highest BCUT2D eigenvalue weighted by atomic mass is 35.9. The van der Waals surface area contributed by atoms with Crippen LogP contribution in [0.15, 0.2) is 0 Å². The summed E-state index contributed by atoms with van der Waals surface area (Å²) in [5.41, 5.74) is 0. The molecule has 0 amide bonds. The normalized spacial score (nSPS) is 11.9. The lowest BCUT2D eigenvalue weighted by Gasteiger charge is -1.97. The van der Waals surface area contributed by atoms with E-state index in [1.54, 1.807) is 0 Å². The maximum absolute atomic E-state index is 11.2. The van der Waals surface area contributed by atoms with Crippen LogP contribution in [0.2, 0.25) is 0 Å².